The second-order valence-corrected chi connectivity index (χ2v) is 5.81. The lowest BCUT2D eigenvalue weighted by atomic mass is 10.1. The molecule has 0 radical (unpaired) electrons. The molecule has 7 heteroatoms. The third kappa shape index (κ3) is 4.90. The summed E-state index contributed by atoms with van der Waals surface area (Å²) < 4.78 is 11.0. The maximum atomic E-state index is 11.2. The molecular weight excluding hydrogens is 363 g/mol. The molecule has 0 saturated carbocycles. The Morgan fingerprint density at radius 3 is 2.60 bits per heavy atom. The number of hydrogen-bond donors (Lipinski definition) is 1. The van der Waals surface area contributed by atoms with E-state index in [0.29, 0.717) is 27.1 Å². The van der Waals surface area contributed by atoms with Crippen LogP contribution in [0.15, 0.2) is 42.0 Å². The molecule has 25 heavy (non-hydrogen) atoms. The Bertz CT molecular complexity index is 873. The van der Waals surface area contributed by atoms with Gasteiger partial charge in [0.15, 0.2) is 11.5 Å². The molecule has 2 N–H and O–H groups in total. The van der Waals surface area contributed by atoms with Crippen LogP contribution in [0.25, 0.3) is 6.08 Å². The van der Waals surface area contributed by atoms with Crippen LogP contribution in [0.4, 0.5) is 0 Å². The van der Waals surface area contributed by atoms with E-state index in [2.05, 4.69) is 0 Å². The van der Waals surface area contributed by atoms with Gasteiger partial charge in [-0.2, -0.15) is 5.26 Å². The van der Waals surface area contributed by atoms with Gasteiger partial charge in [-0.05, 0) is 35.9 Å². The van der Waals surface area contributed by atoms with Crippen molar-refractivity contribution < 1.29 is 14.3 Å². The van der Waals surface area contributed by atoms with Crippen molar-refractivity contribution in [1.82, 2.24) is 0 Å². The van der Waals surface area contributed by atoms with Gasteiger partial charge in [0.25, 0.3) is 5.91 Å². The monoisotopic (exact) mass is 376 g/mol. The first-order chi connectivity index (χ1) is 11.9. The molecule has 2 aromatic rings. The van der Waals surface area contributed by atoms with Gasteiger partial charge in [-0.25, -0.2) is 0 Å². The van der Waals surface area contributed by atoms with Crippen LogP contribution in [-0.4, -0.2) is 13.0 Å². The molecule has 2 aromatic carbocycles. The number of rotatable bonds is 6. The predicted molar refractivity (Wildman–Crippen MR) is 96.6 cm³/mol. The van der Waals surface area contributed by atoms with E-state index in [1.807, 2.05) is 0 Å². The summed E-state index contributed by atoms with van der Waals surface area (Å²) in [6.45, 7) is 0.195. The minimum Gasteiger partial charge on any atom is -0.493 e. The molecule has 0 aliphatic carbocycles. The molecular formula is C18H14Cl2N2O3. The molecule has 0 aliphatic rings. The molecule has 0 heterocycles. The Balaban J connectivity index is 2.28. The maximum absolute atomic E-state index is 11.2. The number of nitrogens with zero attached hydrogens (tertiary/aromatic N) is 1. The number of carbonyl (C=O) groups excluding carboxylic acids is 1. The summed E-state index contributed by atoms with van der Waals surface area (Å²) in [5.74, 6) is 0.137. The molecule has 0 bridgehead atoms. The lowest BCUT2D eigenvalue weighted by Crippen LogP contribution is -2.12. The second-order valence-electron chi connectivity index (χ2n) is 4.97. The molecule has 0 atom stereocenters. The van der Waals surface area contributed by atoms with Crippen LogP contribution in [-0.2, 0) is 11.4 Å². The van der Waals surface area contributed by atoms with Gasteiger partial charge in [0.1, 0.15) is 18.2 Å². The molecule has 0 aliphatic heterocycles. The highest BCUT2D eigenvalue weighted by Gasteiger charge is 2.09. The Kier molecular flexibility index (Phi) is 6.29. The summed E-state index contributed by atoms with van der Waals surface area (Å²) in [4.78, 5) is 11.2. The van der Waals surface area contributed by atoms with Crippen molar-refractivity contribution in [2.24, 2.45) is 5.73 Å². The fraction of sp³-hybridized carbons (Fsp3) is 0.111. The summed E-state index contributed by atoms with van der Waals surface area (Å²) in [7, 11) is 1.51. The molecule has 5 nitrogen and oxygen atoms in total. The normalized spacial score (nSPS) is 10.9. The van der Waals surface area contributed by atoms with Gasteiger partial charge in [-0.3, -0.25) is 4.79 Å². The number of methoxy groups -OCH3 is 1. The first-order valence-corrected chi connectivity index (χ1v) is 7.86. The summed E-state index contributed by atoms with van der Waals surface area (Å²) >= 11 is 12.0. The fourth-order valence-corrected chi connectivity index (χ4v) is 2.48. The number of nitrogens with two attached hydrogens (primary N) is 1. The largest absolute Gasteiger partial charge is 0.493 e. The molecule has 0 saturated heterocycles. The first-order valence-electron chi connectivity index (χ1n) is 7.11. The lowest BCUT2D eigenvalue weighted by molar-refractivity contribution is -0.114. The van der Waals surface area contributed by atoms with Gasteiger partial charge in [0.05, 0.1) is 7.11 Å². The second kappa shape index (κ2) is 8.43. The van der Waals surface area contributed by atoms with E-state index in [0.717, 1.165) is 5.56 Å². The zero-order chi connectivity index (χ0) is 18.4. The number of primary amides is 1. The SMILES string of the molecule is COc1ccc(C=C(C#N)C(N)=O)cc1OCc1ccc(Cl)cc1Cl. The third-order valence-electron chi connectivity index (χ3n) is 3.28. The number of nitriles is 1. The highest BCUT2D eigenvalue weighted by Crippen LogP contribution is 2.31. The average molecular weight is 377 g/mol. The van der Waals surface area contributed by atoms with Crippen molar-refractivity contribution in [3.8, 4) is 17.6 Å². The predicted octanol–water partition coefficient (Wildman–Crippen LogP) is 3.97. The number of carbonyl (C=O) groups is 1. The summed E-state index contributed by atoms with van der Waals surface area (Å²) in [5, 5.41) is 9.96. The third-order valence-corrected chi connectivity index (χ3v) is 3.87. The average Bonchev–Trinajstić information content (AvgIpc) is 2.58. The highest BCUT2D eigenvalue weighted by atomic mass is 35.5. The van der Waals surface area contributed by atoms with E-state index >= 15 is 0 Å². The van der Waals surface area contributed by atoms with E-state index in [4.69, 9.17) is 43.7 Å². The summed E-state index contributed by atoms with van der Waals surface area (Å²) in [6, 6.07) is 11.9. The van der Waals surface area contributed by atoms with Crippen molar-refractivity contribution >= 4 is 35.2 Å². The van der Waals surface area contributed by atoms with Crippen molar-refractivity contribution in [1.29, 1.82) is 5.26 Å². The topological polar surface area (TPSA) is 85.3 Å². The minimum atomic E-state index is -0.797. The number of hydrogen-bond acceptors (Lipinski definition) is 4. The molecule has 2 rings (SSSR count). The van der Waals surface area contributed by atoms with E-state index in [-0.39, 0.29) is 12.2 Å². The molecule has 0 unspecified atom stereocenters. The van der Waals surface area contributed by atoms with Crippen LogP contribution in [0.2, 0.25) is 10.0 Å². The number of halogens is 2. The van der Waals surface area contributed by atoms with Crippen LogP contribution in [0.5, 0.6) is 11.5 Å². The quantitative estimate of drug-likeness (QED) is 0.610. The summed E-state index contributed by atoms with van der Waals surface area (Å²) in [5.41, 5.74) is 6.32. The van der Waals surface area contributed by atoms with Crippen LogP contribution in [0, 0.1) is 11.3 Å². The van der Waals surface area contributed by atoms with E-state index < -0.39 is 5.91 Å². The standard InChI is InChI=1S/C18H14Cl2N2O3/c1-24-16-5-2-11(6-13(9-21)18(22)23)7-17(16)25-10-12-3-4-14(19)8-15(12)20/h2-8H,10H2,1H3,(H2,22,23). The van der Waals surface area contributed by atoms with E-state index in [1.165, 1.54) is 13.2 Å². The van der Waals surface area contributed by atoms with Crippen LogP contribution >= 0.6 is 23.2 Å². The zero-order valence-electron chi connectivity index (χ0n) is 13.3. The van der Waals surface area contributed by atoms with Crippen molar-refractivity contribution in [2.45, 2.75) is 6.61 Å². The van der Waals surface area contributed by atoms with Crippen LogP contribution in [0.3, 0.4) is 0 Å². The van der Waals surface area contributed by atoms with Crippen molar-refractivity contribution in [2.75, 3.05) is 7.11 Å². The number of benzene rings is 2. The van der Waals surface area contributed by atoms with Gasteiger partial charge >= 0.3 is 0 Å². The molecule has 0 aromatic heterocycles. The lowest BCUT2D eigenvalue weighted by Gasteiger charge is -2.12. The smallest absolute Gasteiger partial charge is 0.259 e. The van der Waals surface area contributed by atoms with Gasteiger partial charge in [0, 0.05) is 15.6 Å². The van der Waals surface area contributed by atoms with Gasteiger partial charge in [0.2, 0.25) is 0 Å². The molecule has 0 spiro atoms. The van der Waals surface area contributed by atoms with Gasteiger partial charge in [-0.1, -0.05) is 35.3 Å². The molecule has 0 fully saturated rings. The van der Waals surface area contributed by atoms with E-state index in [9.17, 15) is 4.79 Å². The Hall–Kier alpha value is -2.68. The van der Waals surface area contributed by atoms with Crippen molar-refractivity contribution in [3.63, 3.8) is 0 Å². The number of amides is 1. The van der Waals surface area contributed by atoms with Crippen LogP contribution < -0.4 is 15.2 Å². The highest BCUT2D eigenvalue weighted by molar-refractivity contribution is 6.35. The molecule has 1 amide bonds. The zero-order valence-corrected chi connectivity index (χ0v) is 14.8. The fourth-order valence-electron chi connectivity index (χ4n) is 2.02. The van der Waals surface area contributed by atoms with Gasteiger partial charge < -0.3 is 15.2 Å². The summed E-state index contributed by atoms with van der Waals surface area (Å²) in [6.07, 6.45) is 1.38. The number of ether oxygens (including phenoxy) is 2. The minimum absolute atomic E-state index is 0.156. The van der Waals surface area contributed by atoms with E-state index in [1.54, 1.807) is 42.5 Å². The Morgan fingerprint density at radius 1 is 1.24 bits per heavy atom. The Labute approximate surface area is 155 Å². The van der Waals surface area contributed by atoms with Gasteiger partial charge in [-0.15, -0.1) is 0 Å². The maximum Gasteiger partial charge on any atom is 0.259 e. The molecule has 128 valence electrons. The first kappa shape index (κ1) is 18.7. The van der Waals surface area contributed by atoms with Crippen LogP contribution in [0.1, 0.15) is 11.1 Å². The Morgan fingerprint density at radius 2 is 2.00 bits per heavy atom. The van der Waals surface area contributed by atoms with Crippen molar-refractivity contribution in [3.05, 3.63) is 63.1 Å².